The number of anilines is 1. The Kier molecular flexibility index (Phi) is 6.90. The van der Waals surface area contributed by atoms with E-state index in [1.165, 1.54) is 26.4 Å². The van der Waals surface area contributed by atoms with Crippen molar-refractivity contribution in [3.8, 4) is 11.5 Å². The molecule has 0 saturated carbocycles. The minimum absolute atomic E-state index is 0.171. The second-order valence-corrected chi connectivity index (χ2v) is 8.70. The average Bonchev–Trinajstić information content (AvgIpc) is 2.84. The van der Waals surface area contributed by atoms with Crippen molar-refractivity contribution in [1.29, 1.82) is 0 Å². The van der Waals surface area contributed by atoms with E-state index >= 15 is 0 Å². The van der Waals surface area contributed by atoms with Crippen molar-refractivity contribution in [2.45, 2.75) is 9.79 Å². The van der Waals surface area contributed by atoms with Crippen LogP contribution < -0.4 is 19.7 Å². The summed E-state index contributed by atoms with van der Waals surface area (Å²) in [5, 5.41) is 2.88. The number of carbonyl (C=O) groups is 3. The third kappa shape index (κ3) is 4.93. The van der Waals surface area contributed by atoms with Gasteiger partial charge in [-0.1, -0.05) is 35.5 Å². The van der Waals surface area contributed by atoms with Crippen LogP contribution in [0.5, 0.6) is 11.5 Å². The summed E-state index contributed by atoms with van der Waals surface area (Å²) < 4.78 is 10.5. The number of urea groups is 1. The summed E-state index contributed by atoms with van der Waals surface area (Å²) in [6.45, 7) is 0. The average molecular weight is 495 g/mol. The Balaban J connectivity index is 1.60. The molecule has 0 atom stereocenters. The van der Waals surface area contributed by atoms with Gasteiger partial charge in [0.05, 0.1) is 19.9 Å². The van der Waals surface area contributed by atoms with Crippen molar-refractivity contribution in [1.82, 2.24) is 5.32 Å². The minimum Gasteiger partial charge on any atom is -0.497 e. The van der Waals surface area contributed by atoms with Gasteiger partial charge in [0, 0.05) is 20.9 Å². The molecule has 3 aromatic carbocycles. The second-order valence-electron chi connectivity index (χ2n) is 7.12. The molecule has 0 bridgehead atoms. The number of barbiturate groups is 1. The number of amides is 4. The standard InChI is InChI=1S/C25H19ClN2O5S/c1-32-17-7-12-21(22(14-17)33-2)28-24(30)20(23(29)27-25(28)31)13-15-3-8-18(9-4-15)34-19-10-5-16(26)6-11-19/h3-14H,1-2H3,(H,27,29,31)/b20-13+. The Morgan fingerprint density at radius 2 is 1.53 bits per heavy atom. The van der Waals surface area contributed by atoms with E-state index in [1.54, 1.807) is 36.0 Å². The molecule has 1 saturated heterocycles. The summed E-state index contributed by atoms with van der Waals surface area (Å²) >= 11 is 7.48. The first-order chi connectivity index (χ1) is 16.4. The Morgan fingerprint density at radius 1 is 0.882 bits per heavy atom. The molecule has 172 valence electrons. The monoisotopic (exact) mass is 494 g/mol. The predicted octanol–water partition coefficient (Wildman–Crippen LogP) is 5.17. The van der Waals surface area contributed by atoms with Crippen LogP contribution in [0.3, 0.4) is 0 Å². The first-order valence-corrected chi connectivity index (χ1v) is 11.3. The molecule has 1 N–H and O–H groups in total. The van der Waals surface area contributed by atoms with Gasteiger partial charge < -0.3 is 9.47 Å². The topological polar surface area (TPSA) is 84.9 Å². The lowest BCUT2D eigenvalue weighted by molar-refractivity contribution is -0.122. The lowest BCUT2D eigenvalue weighted by Gasteiger charge is -2.27. The number of hydrogen-bond donors (Lipinski definition) is 1. The molecule has 3 aromatic rings. The number of rotatable bonds is 6. The van der Waals surface area contributed by atoms with Gasteiger partial charge in [0.25, 0.3) is 11.8 Å². The maximum atomic E-state index is 13.2. The summed E-state index contributed by atoms with van der Waals surface area (Å²) in [6.07, 6.45) is 1.45. The molecule has 4 amide bonds. The lowest BCUT2D eigenvalue weighted by atomic mass is 10.1. The third-order valence-corrected chi connectivity index (χ3v) is 6.24. The molecule has 9 heteroatoms. The molecule has 1 fully saturated rings. The molecule has 0 unspecified atom stereocenters. The Morgan fingerprint density at radius 3 is 2.15 bits per heavy atom. The highest BCUT2D eigenvalue weighted by Crippen LogP contribution is 2.34. The summed E-state index contributed by atoms with van der Waals surface area (Å²) in [5.41, 5.74) is 0.657. The highest BCUT2D eigenvalue weighted by atomic mass is 35.5. The smallest absolute Gasteiger partial charge is 0.336 e. The van der Waals surface area contributed by atoms with Crippen molar-refractivity contribution < 1.29 is 23.9 Å². The quantitative estimate of drug-likeness (QED) is 0.375. The van der Waals surface area contributed by atoms with E-state index in [0.29, 0.717) is 16.3 Å². The van der Waals surface area contributed by atoms with Gasteiger partial charge in [0.1, 0.15) is 17.1 Å². The summed E-state index contributed by atoms with van der Waals surface area (Å²) in [5.74, 6) is -0.774. The van der Waals surface area contributed by atoms with E-state index in [0.717, 1.165) is 14.7 Å². The van der Waals surface area contributed by atoms with E-state index in [4.69, 9.17) is 21.1 Å². The number of halogens is 1. The first kappa shape index (κ1) is 23.4. The number of imide groups is 2. The van der Waals surface area contributed by atoms with Crippen LogP contribution in [0.2, 0.25) is 5.02 Å². The largest absolute Gasteiger partial charge is 0.497 e. The van der Waals surface area contributed by atoms with Gasteiger partial charge in [-0.05, 0) is 60.2 Å². The SMILES string of the molecule is COc1ccc(N2C(=O)NC(=O)/C(=C\c3ccc(Sc4ccc(Cl)cc4)cc3)C2=O)c(OC)c1. The van der Waals surface area contributed by atoms with Crippen molar-refractivity contribution >= 4 is 53.0 Å². The summed E-state index contributed by atoms with van der Waals surface area (Å²) in [6, 6.07) is 18.6. The molecule has 0 aliphatic carbocycles. The number of hydrogen-bond acceptors (Lipinski definition) is 6. The Bertz CT molecular complexity index is 1290. The zero-order valence-electron chi connectivity index (χ0n) is 18.2. The molecule has 7 nitrogen and oxygen atoms in total. The molecule has 0 radical (unpaired) electrons. The molecule has 1 heterocycles. The zero-order valence-corrected chi connectivity index (χ0v) is 19.8. The first-order valence-electron chi connectivity index (χ1n) is 10.1. The number of ether oxygens (including phenoxy) is 2. The van der Waals surface area contributed by atoms with Gasteiger partial charge in [-0.2, -0.15) is 0 Å². The normalized spacial score (nSPS) is 14.9. The van der Waals surface area contributed by atoms with Crippen molar-refractivity contribution in [3.63, 3.8) is 0 Å². The Hall–Kier alpha value is -3.75. The fraction of sp³-hybridized carbons (Fsp3) is 0.0800. The Labute approximate surface area is 205 Å². The lowest BCUT2D eigenvalue weighted by Crippen LogP contribution is -2.54. The summed E-state index contributed by atoms with van der Waals surface area (Å²) in [7, 11) is 2.90. The highest BCUT2D eigenvalue weighted by molar-refractivity contribution is 7.99. The van der Waals surface area contributed by atoms with Gasteiger partial charge >= 0.3 is 6.03 Å². The number of nitrogens with one attached hydrogen (secondary N) is 1. The van der Waals surface area contributed by atoms with Crippen LogP contribution in [0.15, 0.2) is 82.1 Å². The minimum atomic E-state index is -0.856. The third-order valence-electron chi connectivity index (χ3n) is 4.97. The highest BCUT2D eigenvalue weighted by Gasteiger charge is 2.38. The number of benzene rings is 3. The fourth-order valence-electron chi connectivity index (χ4n) is 3.28. The molecule has 0 aromatic heterocycles. The molecular weight excluding hydrogens is 476 g/mol. The fourth-order valence-corrected chi connectivity index (χ4v) is 4.23. The van der Waals surface area contributed by atoms with Gasteiger partial charge in [-0.15, -0.1) is 0 Å². The van der Waals surface area contributed by atoms with E-state index in [9.17, 15) is 14.4 Å². The van der Waals surface area contributed by atoms with E-state index in [1.807, 2.05) is 36.4 Å². The maximum absolute atomic E-state index is 13.2. The van der Waals surface area contributed by atoms with E-state index < -0.39 is 17.8 Å². The molecule has 1 aliphatic rings. The summed E-state index contributed by atoms with van der Waals surface area (Å²) in [4.78, 5) is 41.1. The maximum Gasteiger partial charge on any atom is 0.336 e. The van der Waals surface area contributed by atoms with Crippen LogP contribution in [0.1, 0.15) is 5.56 Å². The van der Waals surface area contributed by atoms with Gasteiger partial charge in [0.2, 0.25) is 0 Å². The van der Waals surface area contributed by atoms with E-state index in [2.05, 4.69) is 5.32 Å². The van der Waals surface area contributed by atoms with Crippen molar-refractivity contribution in [3.05, 3.63) is 82.9 Å². The van der Waals surface area contributed by atoms with Crippen LogP contribution in [0.4, 0.5) is 10.5 Å². The second kappa shape index (κ2) is 10.0. The predicted molar refractivity (Wildman–Crippen MR) is 131 cm³/mol. The van der Waals surface area contributed by atoms with Crippen LogP contribution in [-0.2, 0) is 9.59 Å². The van der Waals surface area contributed by atoms with Crippen molar-refractivity contribution in [2.75, 3.05) is 19.1 Å². The van der Waals surface area contributed by atoms with Gasteiger partial charge in [-0.25, -0.2) is 9.69 Å². The van der Waals surface area contributed by atoms with Crippen LogP contribution in [0, 0.1) is 0 Å². The molecule has 34 heavy (non-hydrogen) atoms. The van der Waals surface area contributed by atoms with Crippen LogP contribution >= 0.6 is 23.4 Å². The van der Waals surface area contributed by atoms with Gasteiger partial charge in [0.15, 0.2) is 0 Å². The van der Waals surface area contributed by atoms with Crippen molar-refractivity contribution in [2.24, 2.45) is 0 Å². The zero-order chi connectivity index (χ0) is 24.2. The number of methoxy groups -OCH3 is 2. The van der Waals surface area contributed by atoms with Crippen LogP contribution in [-0.4, -0.2) is 32.1 Å². The van der Waals surface area contributed by atoms with Crippen LogP contribution in [0.25, 0.3) is 6.08 Å². The van der Waals surface area contributed by atoms with Gasteiger partial charge in [-0.3, -0.25) is 14.9 Å². The molecular formula is C25H19ClN2O5S. The number of carbonyl (C=O) groups excluding carboxylic acids is 3. The number of nitrogens with zero attached hydrogens (tertiary/aromatic N) is 1. The molecule has 0 spiro atoms. The molecule has 4 rings (SSSR count). The molecule has 1 aliphatic heterocycles. The van der Waals surface area contributed by atoms with E-state index in [-0.39, 0.29) is 17.0 Å².